The molecule has 0 saturated carbocycles. The number of hydrogen-bond donors (Lipinski definition) is 1. The first-order chi connectivity index (χ1) is 21.6. The Morgan fingerprint density at radius 3 is 2.36 bits per heavy atom. The molecule has 7 nitrogen and oxygen atoms in total. The second-order valence-corrected chi connectivity index (χ2v) is 13.9. The zero-order valence-corrected chi connectivity index (χ0v) is 26.3. The van der Waals surface area contributed by atoms with Gasteiger partial charge in [-0.2, -0.15) is 0 Å². The summed E-state index contributed by atoms with van der Waals surface area (Å²) in [4.78, 5) is 44.3. The Morgan fingerprint density at radius 2 is 1.58 bits per heavy atom. The number of carbonyl (C=O) groups is 2. The largest absolute Gasteiger partial charge is 0.369 e. The van der Waals surface area contributed by atoms with Crippen molar-refractivity contribution in [1.82, 2.24) is 9.47 Å². The minimum absolute atomic E-state index is 0.0120. The van der Waals surface area contributed by atoms with Gasteiger partial charge in [-0.05, 0) is 77.3 Å². The Bertz CT molecular complexity index is 1840. The maximum Gasteiger partial charge on any atom is 0.255 e. The van der Waals surface area contributed by atoms with E-state index >= 15 is 0 Å². The van der Waals surface area contributed by atoms with Crippen molar-refractivity contribution < 1.29 is 9.59 Å². The lowest BCUT2D eigenvalue weighted by Gasteiger charge is -2.44. The molecule has 7 heteroatoms. The van der Waals surface area contributed by atoms with Gasteiger partial charge in [-0.15, -0.1) is 0 Å². The molecular formula is C38H40N4O3. The smallest absolute Gasteiger partial charge is 0.255 e. The normalized spacial score (nSPS) is 19.0. The SMILES string of the molecule is CC(C)(C)c1ccc(C(=O)Nc2cc(C(=O)N3CCc4ccccc4C3)ccc2N2CC3CC(C2)c2cccc(=O)n2C3)cc1. The van der Waals surface area contributed by atoms with Crippen molar-refractivity contribution >= 4 is 23.2 Å². The van der Waals surface area contributed by atoms with Gasteiger partial charge in [0.1, 0.15) is 0 Å². The number of nitrogens with zero attached hydrogens (tertiary/aromatic N) is 3. The molecule has 1 aromatic heterocycles. The zero-order chi connectivity index (χ0) is 31.3. The van der Waals surface area contributed by atoms with Crippen LogP contribution in [0.5, 0.6) is 0 Å². The number of amides is 2. The topological polar surface area (TPSA) is 74.7 Å². The summed E-state index contributed by atoms with van der Waals surface area (Å²) < 4.78 is 1.93. The van der Waals surface area contributed by atoms with Gasteiger partial charge in [-0.1, -0.05) is 63.2 Å². The molecule has 1 fully saturated rings. The Kier molecular flexibility index (Phi) is 7.35. The Balaban J connectivity index is 1.20. The maximum atomic E-state index is 13.8. The molecule has 0 radical (unpaired) electrons. The summed E-state index contributed by atoms with van der Waals surface area (Å²) >= 11 is 0. The standard InChI is InChI=1S/C38H40N4O3/c1-38(2,3)31-14-11-27(12-15-31)36(44)39-32-20-28(37(45)40-18-17-26-7-4-5-8-29(26)23-40)13-16-34(32)41-21-25-19-30(24-41)33-9-6-10-35(43)42(33)22-25/h4-16,20,25,30H,17-19,21-24H2,1-3H3,(H,39,44). The van der Waals surface area contributed by atoms with E-state index in [1.54, 1.807) is 6.07 Å². The summed E-state index contributed by atoms with van der Waals surface area (Å²) in [5.74, 6) is 0.293. The summed E-state index contributed by atoms with van der Waals surface area (Å²) in [7, 11) is 0. The Labute approximate surface area is 264 Å². The monoisotopic (exact) mass is 600 g/mol. The van der Waals surface area contributed by atoms with E-state index in [0.29, 0.717) is 42.4 Å². The second-order valence-electron chi connectivity index (χ2n) is 13.9. The van der Waals surface area contributed by atoms with Crippen molar-refractivity contribution in [3.8, 4) is 0 Å². The fourth-order valence-corrected chi connectivity index (χ4v) is 7.31. The fourth-order valence-electron chi connectivity index (χ4n) is 7.31. The molecular weight excluding hydrogens is 560 g/mol. The molecule has 1 N–H and O–H groups in total. The van der Waals surface area contributed by atoms with Crippen LogP contribution >= 0.6 is 0 Å². The molecule has 45 heavy (non-hydrogen) atoms. The van der Waals surface area contributed by atoms with Crippen molar-refractivity contribution in [3.63, 3.8) is 0 Å². The molecule has 3 aromatic carbocycles. The summed E-state index contributed by atoms with van der Waals surface area (Å²) in [6.45, 7) is 9.90. The van der Waals surface area contributed by atoms with E-state index in [0.717, 1.165) is 42.9 Å². The number of aromatic nitrogens is 1. The van der Waals surface area contributed by atoms with E-state index in [1.165, 1.54) is 11.1 Å². The third kappa shape index (κ3) is 5.68. The number of nitrogens with one attached hydrogen (secondary N) is 1. The number of hydrogen-bond acceptors (Lipinski definition) is 4. The first-order valence-corrected chi connectivity index (χ1v) is 16.0. The van der Waals surface area contributed by atoms with Gasteiger partial charge in [-0.25, -0.2) is 0 Å². The molecule has 230 valence electrons. The molecule has 0 aliphatic carbocycles. The highest BCUT2D eigenvalue weighted by atomic mass is 16.2. The predicted molar refractivity (Wildman–Crippen MR) is 178 cm³/mol. The number of rotatable bonds is 4. The number of pyridine rings is 1. The van der Waals surface area contributed by atoms with Gasteiger partial charge in [0.25, 0.3) is 17.4 Å². The Morgan fingerprint density at radius 1 is 0.822 bits per heavy atom. The lowest BCUT2D eigenvalue weighted by Crippen LogP contribution is -2.47. The minimum Gasteiger partial charge on any atom is -0.369 e. The van der Waals surface area contributed by atoms with E-state index in [1.807, 2.05) is 70.1 Å². The molecule has 2 amide bonds. The van der Waals surface area contributed by atoms with Gasteiger partial charge in [-0.3, -0.25) is 14.4 Å². The quantitative estimate of drug-likeness (QED) is 0.302. The van der Waals surface area contributed by atoms with Crippen LogP contribution in [0.15, 0.2) is 89.7 Å². The molecule has 1 saturated heterocycles. The molecule has 3 aliphatic rings. The zero-order valence-electron chi connectivity index (χ0n) is 26.3. The van der Waals surface area contributed by atoms with E-state index in [9.17, 15) is 14.4 Å². The lowest BCUT2D eigenvalue weighted by molar-refractivity contribution is 0.0734. The van der Waals surface area contributed by atoms with E-state index in [2.05, 4.69) is 49.2 Å². The van der Waals surface area contributed by atoms with Crippen LogP contribution in [0.4, 0.5) is 11.4 Å². The molecule has 7 rings (SSSR count). The van der Waals surface area contributed by atoms with Crippen LogP contribution in [0.1, 0.15) is 76.2 Å². The van der Waals surface area contributed by atoms with E-state index < -0.39 is 0 Å². The molecule has 2 unspecified atom stereocenters. The highest BCUT2D eigenvalue weighted by molar-refractivity contribution is 6.07. The van der Waals surface area contributed by atoms with Crippen LogP contribution in [0.2, 0.25) is 0 Å². The number of carbonyl (C=O) groups excluding carboxylic acids is 2. The van der Waals surface area contributed by atoms with Crippen LogP contribution in [0, 0.1) is 5.92 Å². The predicted octanol–water partition coefficient (Wildman–Crippen LogP) is 6.22. The van der Waals surface area contributed by atoms with Gasteiger partial charge in [0.2, 0.25) is 0 Å². The van der Waals surface area contributed by atoms with E-state index in [-0.39, 0.29) is 28.7 Å². The molecule has 0 spiro atoms. The van der Waals surface area contributed by atoms with E-state index in [4.69, 9.17) is 0 Å². The molecule has 2 bridgehead atoms. The molecule has 4 heterocycles. The maximum absolute atomic E-state index is 13.8. The summed E-state index contributed by atoms with van der Waals surface area (Å²) in [6.07, 6.45) is 1.87. The van der Waals surface area contributed by atoms with Gasteiger partial charge < -0.3 is 19.7 Å². The number of anilines is 2. The van der Waals surface area contributed by atoms with Gasteiger partial charge in [0.05, 0.1) is 11.4 Å². The molecule has 3 aliphatic heterocycles. The average Bonchev–Trinajstić information content (AvgIpc) is 3.04. The summed E-state index contributed by atoms with van der Waals surface area (Å²) in [6, 6.07) is 27.3. The van der Waals surface area contributed by atoms with Crippen molar-refractivity contribution in [2.45, 2.75) is 58.0 Å². The Hall–Kier alpha value is -4.65. The van der Waals surface area contributed by atoms with Gasteiger partial charge in [0.15, 0.2) is 0 Å². The first-order valence-electron chi connectivity index (χ1n) is 16.0. The van der Waals surface area contributed by atoms with Gasteiger partial charge in [0, 0.05) is 61.5 Å². The van der Waals surface area contributed by atoms with Gasteiger partial charge >= 0.3 is 0 Å². The minimum atomic E-state index is -0.206. The number of benzene rings is 3. The average molecular weight is 601 g/mol. The third-order valence-electron chi connectivity index (χ3n) is 9.74. The second kappa shape index (κ2) is 11.4. The number of fused-ring (bicyclic) bond motifs is 5. The van der Waals surface area contributed by atoms with Crippen molar-refractivity contribution in [1.29, 1.82) is 0 Å². The van der Waals surface area contributed by atoms with Crippen molar-refractivity contribution in [2.75, 3.05) is 29.9 Å². The van der Waals surface area contributed by atoms with Crippen molar-refractivity contribution in [3.05, 3.63) is 129 Å². The van der Waals surface area contributed by atoms with Crippen LogP contribution < -0.4 is 15.8 Å². The summed E-state index contributed by atoms with van der Waals surface area (Å²) in [5.41, 5.74) is 7.42. The van der Waals surface area contributed by atoms with Crippen LogP contribution in [0.25, 0.3) is 0 Å². The van der Waals surface area contributed by atoms with Crippen molar-refractivity contribution in [2.24, 2.45) is 5.92 Å². The van der Waals surface area contributed by atoms with Crippen LogP contribution in [0.3, 0.4) is 0 Å². The highest BCUT2D eigenvalue weighted by Crippen LogP contribution is 2.39. The first kappa shape index (κ1) is 29.1. The third-order valence-corrected chi connectivity index (χ3v) is 9.74. The summed E-state index contributed by atoms with van der Waals surface area (Å²) in [5, 5.41) is 3.18. The fraction of sp³-hybridized carbons (Fsp3) is 0.342. The van der Waals surface area contributed by atoms with Crippen LogP contribution in [-0.4, -0.2) is 40.9 Å². The highest BCUT2D eigenvalue weighted by Gasteiger charge is 2.35. The lowest BCUT2D eigenvalue weighted by atomic mass is 9.83. The molecule has 2 atom stereocenters. The number of piperidine rings is 1. The molecule has 4 aromatic rings. The van der Waals surface area contributed by atoms with Crippen LogP contribution in [-0.2, 0) is 24.9 Å².